The second-order valence-corrected chi connectivity index (χ2v) is 20.4. The van der Waals surface area contributed by atoms with Crippen LogP contribution in [0, 0.1) is 0 Å². The van der Waals surface area contributed by atoms with Crippen molar-refractivity contribution < 1.29 is 15.3 Å². The predicted molar refractivity (Wildman–Crippen MR) is 119 cm³/mol. The summed E-state index contributed by atoms with van der Waals surface area (Å²) >= 11 is -1.96. The van der Waals surface area contributed by atoms with E-state index < -0.39 is 15.3 Å². The van der Waals surface area contributed by atoms with Crippen molar-refractivity contribution in [1.29, 1.82) is 0 Å². The SMILES string of the molecule is C[CH2][Ti](=[SiH2])([CH2]C)[CH]1c2ccccc2-c2cccc(C3=CC=CC3)c21.Cl.Cl. The van der Waals surface area contributed by atoms with Gasteiger partial charge in [-0.25, -0.2) is 0 Å². The fourth-order valence-electron chi connectivity index (χ4n) is 4.48. The van der Waals surface area contributed by atoms with Gasteiger partial charge in [0.15, 0.2) is 0 Å². The standard InChI is InChI=1S/C18H13.2C2H5.2ClH.H2Si.Ti/c1-2-7-13(6-1)15-10-5-11-17-16-9-4-3-8-14(16)12-18(15)17;2*1-2;;;;/h1-6,8-12H,7H2;2*1H2,2H3;2*1H;1H2;. The third kappa shape index (κ3) is 3.34. The molecule has 0 radical (unpaired) electrons. The van der Waals surface area contributed by atoms with E-state index in [0.29, 0.717) is 4.22 Å². The monoisotopic (exact) mass is 437 g/mol. The molecule has 2 aromatic carbocycles. The molecular weight excluding hydrogens is 411 g/mol. The summed E-state index contributed by atoms with van der Waals surface area (Å²) in [5.74, 6) is 0. The van der Waals surface area contributed by atoms with Crippen LogP contribution in [0.4, 0.5) is 0 Å². The molecule has 4 heteroatoms. The normalized spacial score (nSPS) is 17.0. The Morgan fingerprint density at radius 2 is 1.58 bits per heavy atom. The number of allylic oxidation sites excluding steroid dienone is 4. The fourth-order valence-corrected chi connectivity index (χ4v) is 11.2. The van der Waals surface area contributed by atoms with E-state index in [4.69, 9.17) is 0 Å². The third-order valence-corrected chi connectivity index (χ3v) is 19.1. The first kappa shape index (κ1) is 21.7. The Bertz CT molecular complexity index is 906. The molecule has 0 aliphatic heterocycles. The Kier molecular flexibility index (Phi) is 7.21. The number of benzene rings is 2. The van der Waals surface area contributed by atoms with E-state index in [-0.39, 0.29) is 24.8 Å². The van der Waals surface area contributed by atoms with Crippen LogP contribution in [0.25, 0.3) is 16.7 Å². The van der Waals surface area contributed by atoms with Crippen molar-refractivity contribution in [3.8, 4) is 11.1 Å². The molecule has 4 rings (SSSR count). The van der Waals surface area contributed by atoms with Crippen LogP contribution in [-0.4, -0.2) is 7.63 Å². The molecule has 2 aliphatic rings. The average Bonchev–Trinajstić information content (AvgIpc) is 3.27. The molecule has 1 unspecified atom stereocenters. The molecule has 0 aromatic heterocycles. The predicted octanol–water partition coefficient (Wildman–Crippen LogP) is 6.52. The van der Waals surface area contributed by atoms with Gasteiger partial charge in [-0.1, -0.05) is 0 Å². The van der Waals surface area contributed by atoms with Gasteiger partial charge in [-0.15, -0.1) is 24.8 Å². The molecule has 2 aromatic rings. The van der Waals surface area contributed by atoms with Crippen LogP contribution < -0.4 is 0 Å². The maximum absolute atomic E-state index is 2.44. The van der Waals surface area contributed by atoms with Gasteiger partial charge < -0.3 is 0 Å². The van der Waals surface area contributed by atoms with E-state index in [1.807, 2.05) is 0 Å². The van der Waals surface area contributed by atoms with Gasteiger partial charge in [0.2, 0.25) is 0 Å². The Balaban J connectivity index is 0.00000121. The van der Waals surface area contributed by atoms with Crippen LogP contribution >= 0.6 is 24.8 Å². The van der Waals surface area contributed by atoms with E-state index in [0.717, 1.165) is 6.42 Å². The summed E-state index contributed by atoms with van der Waals surface area (Å²) in [5, 5.41) is 0. The van der Waals surface area contributed by atoms with E-state index in [1.165, 1.54) is 31.7 Å². The molecule has 0 amide bonds. The van der Waals surface area contributed by atoms with Crippen molar-refractivity contribution in [1.82, 2.24) is 0 Å². The van der Waals surface area contributed by atoms with Gasteiger partial charge in [0.1, 0.15) is 0 Å². The molecular formula is C22H27Cl2SiTi. The van der Waals surface area contributed by atoms with Crippen LogP contribution in [0.3, 0.4) is 0 Å². The first-order valence-electron chi connectivity index (χ1n) is 9.13. The van der Waals surface area contributed by atoms with Crippen LogP contribution in [-0.2, 0) is 15.3 Å². The first-order chi connectivity index (χ1) is 11.7. The summed E-state index contributed by atoms with van der Waals surface area (Å²) < 4.78 is 3.50. The Hall–Kier alpha value is -0.569. The summed E-state index contributed by atoms with van der Waals surface area (Å²) in [6.45, 7) is 4.88. The summed E-state index contributed by atoms with van der Waals surface area (Å²) in [6.07, 6.45) is 7.91. The van der Waals surface area contributed by atoms with Gasteiger partial charge in [-0.3, -0.25) is 0 Å². The molecule has 0 N–H and O–H groups in total. The Morgan fingerprint density at radius 3 is 2.23 bits per heavy atom. The minimum Gasteiger partial charge on any atom is -0.147 e. The Morgan fingerprint density at radius 1 is 0.923 bits per heavy atom. The van der Waals surface area contributed by atoms with Crippen LogP contribution in [0.15, 0.2) is 60.7 Å². The van der Waals surface area contributed by atoms with E-state index in [1.54, 1.807) is 11.1 Å². The molecule has 0 bridgehead atoms. The number of halogens is 2. The maximum Gasteiger partial charge on any atom is -0.147 e. The molecule has 2 aliphatic carbocycles. The van der Waals surface area contributed by atoms with E-state index >= 15 is 0 Å². The quantitative estimate of drug-likeness (QED) is 0.477. The summed E-state index contributed by atoms with van der Waals surface area (Å²) in [4.78, 5) is 0. The van der Waals surface area contributed by atoms with Crippen molar-refractivity contribution in [2.75, 3.05) is 0 Å². The van der Waals surface area contributed by atoms with Crippen molar-refractivity contribution in [2.45, 2.75) is 33.9 Å². The van der Waals surface area contributed by atoms with Gasteiger partial charge in [-0.2, -0.15) is 0 Å². The molecule has 0 saturated heterocycles. The van der Waals surface area contributed by atoms with Crippen molar-refractivity contribution in [3.63, 3.8) is 0 Å². The van der Waals surface area contributed by atoms with Gasteiger partial charge >= 0.3 is 151 Å². The third-order valence-electron chi connectivity index (χ3n) is 6.09. The zero-order chi connectivity index (χ0) is 16.7. The van der Waals surface area contributed by atoms with Gasteiger partial charge in [0.25, 0.3) is 0 Å². The van der Waals surface area contributed by atoms with Crippen molar-refractivity contribution in [3.05, 3.63) is 77.4 Å². The van der Waals surface area contributed by atoms with Crippen molar-refractivity contribution in [2.24, 2.45) is 0 Å². The topological polar surface area (TPSA) is 0 Å². The van der Waals surface area contributed by atoms with Gasteiger partial charge in [0.05, 0.1) is 0 Å². The van der Waals surface area contributed by atoms with Gasteiger partial charge in [-0.05, 0) is 0 Å². The average molecular weight is 438 g/mol. The van der Waals surface area contributed by atoms with Crippen LogP contribution in [0.2, 0.25) is 9.45 Å². The molecule has 0 nitrogen and oxygen atoms in total. The summed E-state index contributed by atoms with van der Waals surface area (Å²) in [7, 11) is 2.41. The second kappa shape index (κ2) is 8.63. The second-order valence-electron chi connectivity index (χ2n) is 7.18. The molecule has 26 heavy (non-hydrogen) atoms. The molecule has 0 spiro atoms. The first-order valence-corrected chi connectivity index (χ1v) is 16.3. The minimum absolute atomic E-state index is 0. The van der Waals surface area contributed by atoms with E-state index in [9.17, 15) is 0 Å². The van der Waals surface area contributed by atoms with Crippen molar-refractivity contribution >= 4 is 38.0 Å². The fraction of sp³-hybridized carbons (Fsp3) is 0.273. The molecule has 0 heterocycles. The van der Waals surface area contributed by atoms with Crippen LogP contribution in [0.5, 0.6) is 0 Å². The molecule has 137 valence electrons. The number of fused-ring (bicyclic) bond motifs is 3. The molecule has 0 fully saturated rings. The smallest absolute Gasteiger partial charge is 0.147 e. The number of hydrogen-bond acceptors (Lipinski definition) is 0. The maximum atomic E-state index is 2.44. The Labute approximate surface area is 175 Å². The van der Waals surface area contributed by atoms with E-state index in [2.05, 4.69) is 82.2 Å². The molecule has 1 atom stereocenters. The van der Waals surface area contributed by atoms with Gasteiger partial charge in [0, 0.05) is 0 Å². The number of hydrogen-bond donors (Lipinski definition) is 0. The summed E-state index contributed by atoms with van der Waals surface area (Å²) in [5.41, 5.74) is 9.30. The number of rotatable bonds is 4. The largest absolute Gasteiger partial charge is 0.147 e. The minimum atomic E-state index is -1.96. The van der Waals surface area contributed by atoms with Crippen LogP contribution in [0.1, 0.15) is 41.2 Å². The molecule has 0 saturated carbocycles. The zero-order valence-electron chi connectivity index (χ0n) is 15.5. The summed E-state index contributed by atoms with van der Waals surface area (Å²) in [6, 6.07) is 16.2. The zero-order valence-corrected chi connectivity index (χ0v) is 20.1.